The Morgan fingerprint density at radius 2 is 1.13 bits per heavy atom. The largest absolute Gasteiger partial charge is 0.444 e. The van der Waals surface area contributed by atoms with Crippen LogP contribution in [0, 0.1) is 0 Å². The highest BCUT2D eigenvalue weighted by Crippen LogP contribution is 2.28. The van der Waals surface area contributed by atoms with Gasteiger partial charge in [-0.15, -0.1) is 0 Å². The van der Waals surface area contributed by atoms with E-state index in [1.54, 1.807) is 90.6 Å². The highest BCUT2D eigenvalue weighted by Gasteiger charge is 2.37. The van der Waals surface area contributed by atoms with Gasteiger partial charge in [-0.2, -0.15) is 37.2 Å². The lowest BCUT2D eigenvalue weighted by Crippen LogP contribution is -2.48. The Morgan fingerprint density at radius 1 is 0.706 bits per heavy atom. The first kappa shape index (κ1) is 57.0. The third-order valence-electron chi connectivity index (χ3n) is 10.8. The Kier molecular flexibility index (Phi) is 20.8. The van der Waals surface area contributed by atoms with Crippen LogP contribution in [0.3, 0.4) is 0 Å². The Morgan fingerprint density at radius 3 is 1.53 bits per heavy atom. The maximum absolute atomic E-state index is 13.0. The van der Waals surface area contributed by atoms with Crippen molar-refractivity contribution in [1.29, 1.82) is 0 Å². The van der Waals surface area contributed by atoms with Gasteiger partial charge in [-0.1, -0.05) is 27.0 Å². The number of aliphatic hydroxyl groups is 1. The zero-order valence-electron chi connectivity index (χ0n) is 38.4. The number of ether oxygens (including phenoxy) is 4. The maximum Gasteiger partial charge on any atom is 0.407 e. The monoisotopic (exact) mass is 981 g/mol. The Balaban J connectivity index is 0.000000355. The van der Waals surface area contributed by atoms with Crippen molar-refractivity contribution < 1.29 is 43.2 Å². The summed E-state index contributed by atoms with van der Waals surface area (Å²) in [7, 11) is 0. The molecule has 0 bridgehead atoms. The molecule has 7 heterocycles. The molecule has 5 aromatic rings. The minimum absolute atomic E-state index is 0. The van der Waals surface area contributed by atoms with Crippen LogP contribution < -0.4 is 10.6 Å². The molecule has 2 fully saturated rings. The van der Waals surface area contributed by atoms with Gasteiger partial charge in [-0.25, -0.2) is 19.0 Å². The van der Waals surface area contributed by atoms with Crippen molar-refractivity contribution in [2.45, 2.75) is 144 Å². The van der Waals surface area contributed by atoms with Crippen molar-refractivity contribution >= 4 is 72.8 Å². The second-order valence-electron chi connectivity index (χ2n) is 18.3. The Labute approximate surface area is 413 Å². The molecule has 20 heteroatoms. The minimum Gasteiger partial charge on any atom is -0.444 e. The van der Waals surface area contributed by atoms with E-state index >= 15 is 0 Å². The summed E-state index contributed by atoms with van der Waals surface area (Å²) in [5.41, 5.74) is 2.68. The lowest BCUT2D eigenvalue weighted by atomic mass is 10.1. The predicted octanol–water partition coefficient (Wildman–Crippen LogP) is 7.92. The molecule has 3 N–H and O–H groups in total. The molecule has 4 aromatic heterocycles. The molecule has 18 nitrogen and oxygen atoms in total. The summed E-state index contributed by atoms with van der Waals surface area (Å²) < 4.78 is 26.1. The molecule has 2 unspecified atom stereocenters. The molecular weight excluding hydrogens is 911 g/mol. The fourth-order valence-corrected chi connectivity index (χ4v) is 7.90. The maximum atomic E-state index is 13.0. The van der Waals surface area contributed by atoms with Gasteiger partial charge in [0.05, 0.1) is 72.2 Å². The molecule has 4 atom stereocenters. The number of rotatable bonds is 11. The van der Waals surface area contributed by atoms with E-state index in [4.69, 9.17) is 18.9 Å². The van der Waals surface area contributed by atoms with E-state index in [0.717, 1.165) is 72.6 Å². The first-order valence-electron chi connectivity index (χ1n) is 22.0. The smallest absolute Gasteiger partial charge is 0.407 e. The number of carbonyl (C=O) groups is 4. The van der Waals surface area contributed by atoms with Crippen LogP contribution in [0.15, 0.2) is 61.2 Å². The molecule has 0 saturated carbocycles. The van der Waals surface area contributed by atoms with Crippen LogP contribution in [0.25, 0.3) is 21.8 Å². The van der Waals surface area contributed by atoms with Crippen LogP contribution in [0.5, 0.6) is 0 Å². The predicted molar refractivity (Wildman–Crippen MR) is 270 cm³/mol. The van der Waals surface area contributed by atoms with E-state index in [-0.39, 0.29) is 85.7 Å². The summed E-state index contributed by atoms with van der Waals surface area (Å²) in [5.74, 6) is -0.762. The number of benzene rings is 1. The van der Waals surface area contributed by atoms with Gasteiger partial charge in [0.1, 0.15) is 11.2 Å². The van der Waals surface area contributed by atoms with Crippen molar-refractivity contribution in [2.24, 2.45) is 0 Å². The van der Waals surface area contributed by atoms with Gasteiger partial charge in [-0.3, -0.25) is 24.5 Å². The highest BCUT2D eigenvalue weighted by atomic mass is 32.1. The lowest BCUT2D eigenvalue weighted by molar-refractivity contribution is -0.0368. The minimum atomic E-state index is -0.697. The van der Waals surface area contributed by atoms with Crippen LogP contribution in [0.2, 0.25) is 0 Å². The third-order valence-corrected chi connectivity index (χ3v) is 10.8. The Hall–Kier alpha value is -5.28. The van der Waals surface area contributed by atoms with Gasteiger partial charge >= 0.3 is 12.2 Å². The molecule has 374 valence electrons. The second-order valence-corrected chi connectivity index (χ2v) is 18.3. The summed E-state index contributed by atoms with van der Waals surface area (Å²) in [6, 6.07) is 9.47. The zero-order chi connectivity index (χ0) is 45.6. The van der Waals surface area contributed by atoms with Crippen molar-refractivity contribution in [3.05, 3.63) is 83.7 Å². The highest BCUT2D eigenvalue weighted by molar-refractivity contribution is 7.59. The number of imide groups is 1. The molecular formula is C48H71N9O9S2. The van der Waals surface area contributed by atoms with Gasteiger partial charge < -0.3 is 34.7 Å². The van der Waals surface area contributed by atoms with Crippen LogP contribution in [-0.4, -0.2) is 113 Å². The molecule has 68 heavy (non-hydrogen) atoms. The SMILES string of the molecule is C.C.CC(C)(C)OC(=O)N[C@@H](Cc1cc2cnn(C3CCCCO3)c2cn1)CN1C(=O)c2ccccc2C1=O.CC(C)(C)OC(=O)N[C@H](CO)Cc1cc2cnn(C3CCCCO3)c2cn1.S.S. The summed E-state index contributed by atoms with van der Waals surface area (Å²) in [4.78, 5) is 60.7. The summed E-state index contributed by atoms with van der Waals surface area (Å²) in [5, 5.41) is 25.9. The standard InChI is InChI=1S/C27H31N5O5.C19H28N4O4.2CH4.2H2S/c1-27(2,3)37-26(35)30-19(16-31-24(33)20-8-4-5-9-21(20)25(31)34)13-18-12-17-14-29-32(22(17)15-28-18)23-10-6-7-11-36-23;1-19(2,3)27-18(25)22-15(12-24)9-14-8-13-10-21-23(16(13)11-20-14)17-6-4-5-7-26-17;;;;/h4-5,8-9,12,14-15,19,23H,6-7,10-11,13,16H2,1-3H3,(H,30,35);8,10-11,15,17,24H,4-7,9,12H2,1-3H3,(H,22,25);2*1H4;2*1H2/t19-,23?;15-,17?;;;;/m00..../s1. The number of fused-ring (bicyclic) bond motifs is 3. The lowest BCUT2D eigenvalue weighted by Gasteiger charge is -2.26. The molecule has 0 spiro atoms. The molecule has 3 aliphatic heterocycles. The number of pyridine rings is 2. The summed E-state index contributed by atoms with van der Waals surface area (Å²) in [6.45, 7) is 12.0. The molecule has 0 radical (unpaired) electrons. The first-order chi connectivity index (χ1) is 30.5. The van der Waals surface area contributed by atoms with Crippen LogP contribution in [0.4, 0.5) is 9.59 Å². The van der Waals surface area contributed by atoms with Gasteiger partial charge in [0.25, 0.3) is 11.8 Å². The van der Waals surface area contributed by atoms with E-state index in [0.29, 0.717) is 29.8 Å². The number of nitrogens with zero attached hydrogens (tertiary/aromatic N) is 7. The molecule has 2 saturated heterocycles. The zero-order valence-corrected chi connectivity index (χ0v) is 40.4. The number of carbonyl (C=O) groups excluding carboxylic acids is 4. The number of hydrogen-bond donors (Lipinski definition) is 3. The van der Waals surface area contributed by atoms with Crippen molar-refractivity contribution in [2.75, 3.05) is 26.4 Å². The van der Waals surface area contributed by atoms with Crippen LogP contribution in [-0.2, 0) is 31.8 Å². The summed E-state index contributed by atoms with van der Waals surface area (Å²) in [6.07, 6.45) is 12.7. The average molecular weight is 982 g/mol. The van der Waals surface area contributed by atoms with Gasteiger partial charge in [-0.05, 0) is 104 Å². The van der Waals surface area contributed by atoms with E-state index < -0.39 is 35.5 Å². The fourth-order valence-electron chi connectivity index (χ4n) is 7.90. The molecule has 4 amide bonds. The van der Waals surface area contributed by atoms with E-state index in [1.165, 1.54) is 4.90 Å². The number of hydrogen-bond acceptors (Lipinski definition) is 13. The topological polar surface area (TPSA) is 214 Å². The number of aliphatic hydroxyl groups excluding tert-OH is 1. The van der Waals surface area contributed by atoms with E-state index in [1.807, 2.05) is 21.5 Å². The molecule has 1 aromatic carbocycles. The fraction of sp³-hybridized carbons (Fsp3) is 0.542. The Bertz CT molecular complexity index is 2420. The van der Waals surface area contributed by atoms with Crippen molar-refractivity contribution in [1.82, 2.24) is 45.1 Å². The second kappa shape index (κ2) is 24.8. The number of amides is 4. The third kappa shape index (κ3) is 14.6. The molecule has 8 rings (SSSR count). The summed E-state index contributed by atoms with van der Waals surface area (Å²) >= 11 is 0. The van der Waals surface area contributed by atoms with Gasteiger partial charge in [0, 0.05) is 48.2 Å². The quantitative estimate of drug-likeness (QED) is 0.107. The number of alkyl carbamates (subject to hydrolysis) is 2. The average Bonchev–Trinajstić information content (AvgIpc) is 3.94. The van der Waals surface area contributed by atoms with Gasteiger partial charge in [0.15, 0.2) is 12.5 Å². The van der Waals surface area contributed by atoms with E-state index in [9.17, 15) is 24.3 Å². The number of aromatic nitrogens is 6. The first-order valence-corrected chi connectivity index (χ1v) is 22.0. The van der Waals surface area contributed by atoms with Gasteiger partial charge in [0.2, 0.25) is 0 Å². The van der Waals surface area contributed by atoms with Crippen LogP contribution >= 0.6 is 27.0 Å². The normalized spacial score (nSPS) is 17.7. The molecule has 3 aliphatic rings. The van der Waals surface area contributed by atoms with Crippen molar-refractivity contribution in [3.63, 3.8) is 0 Å². The van der Waals surface area contributed by atoms with Crippen molar-refractivity contribution in [3.8, 4) is 0 Å². The number of nitrogens with one attached hydrogen (secondary N) is 2. The molecule has 0 aliphatic carbocycles. The van der Waals surface area contributed by atoms with E-state index in [2.05, 4.69) is 30.8 Å². The van der Waals surface area contributed by atoms with Crippen LogP contribution in [0.1, 0.15) is 139 Å².